The molecular formula is C9H15O. The van der Waals surface area contributed by atoms with Crippen LogP contribution in [0.3, 0.4) is 0 Å². The van der Waals surface area contributed by atoms with Crippen LogP contribution in [0.1, 0.15) is 32.1 Å². The second-order valence-electron chi connectivity index (χ2n) is 3.44. The smallest absolute Gasteiger partial charge is 0.0603 e. The zero-order chi connectivity index (χ0) is 6.81. The topological polar surface area (TPSA) is 9.23 Å². The van der Waals surface area contributed by atoms with Gasteiger partial charge in [-0.3, -0.25) is 0 Å². The Labute approximate surface area is 62.8 Å². The average molecular weight is 139 g/mol. The molecule has 1 heterocycles. The fourth-order valence-electron chi connectivity index (χ4n) is 2.14. The van der Waals surface area contributed by atoms with E-state index in [0.717, 1.165) is 12.5 Å². The molecule has 1 saturated carbocycles. The molecule has 2 fully saturated rings. The molecule has 2 rings (SSSR count). The number of hydrogen-bond donors (Lipinski definition) is 0. The lowest BCUT2D eigenvalue weighted by Gasteiger charge is -2.35. The highest BCUT2D eigenvalue weighted by Gasteiger charge is 2.27. The molecule has 1 nitrogen and oxygen atoms in total. The Morgan fingerprint density at radius 2 is 2.10 bits per heavy atom. The number of hydrogen-bond acceptors (Lipinski definition) is 1. The Balaban J connectivity index is 1.93. The van der Waals surface area contributed by atoms with Crippen molar-refractivity contribution in [3.8, 4) is 0 Å². The molecule has 1 saturated heterocycles. The quantitative estimate of drug-likeness (QED) is 0.499. The lowest BCUT2D eigenvalue weighted by atomic mass is 9.82. The van der Waals surface area contributed by atoms with Gasteiger partial charge >= 0.3 is 0 Å². The SMILES string of the molecule is [CH]1COC2CCCCC2C1. The second-order valence-corrected chi connectivity index (χ2v) is 3.44. The zero-order valence-electron chi connectivity index (χ0n) is 6.38. The van der Waals surface area contributed by atoms with E-state index in [9.17, 15) is 0 Å². The molecule has 2 aliphatic rings. The van der Waals surface area contributed by atoms with Crippen LogP contribution in [0.4, 0.5) is 0 Å². The van der Waals surface area contributed by atoms with E-state index in [1.807, 2.05) is 0 Å². The van der Waals surface area contributed by atoms with Gasteiger partial charge in [-0.2, -0.15) is 0 Å². The van der Waals surface area contributed by atoms with Gasteiger partial charge in [0.25, 0.3) is 0 Å². The summed E-state index contributed by atoms with van der Waals surface area (Å²) in [7, 11) is 0. The van der Waals surface area contributed by atoms with Crippen LogP contribution in [0, 0.1) is 12.3 Å². The van der Waals surface area contributed by atoms with Crippen LogP contribution in [0.25, 0.3) is 0 Å². The summed E-state index contributed by atoms with van der Waals surface area (Å²) in [5.41, 5.74) is 0. The van der Waals surface area contributed by atoms with E-state index in [1.54, 1.807) is 0 Å². The van der Waals surface area contributed by atoms with Crippen molar-refractivity contribution < 1.29 is 4.74 Å². The van der Waals surface area contributed by atoms with Gasteiger partial charge < -0.3 is 4.74 Å². The first-order valence-electron chi connectivity index (χ1n) is 4.40. The van der Waals surface area contributed by atoms with Crippen LogP contribution < -0.4 is 0 Å². The first-order chi connectivity index (χ1) is 4.97. The van der Waals surface area contributed by atoms with Crippen molar-refractivity contribution in [3.63, 3.8) is 0 Å². The zero-order valence-corrected chi connectivity index (χ0v) is 6.38. The lowest BCUT2D eigenvalue weighted by Crippen LogP contribution is -2.32. The van der Waals surface area contributed by atoms with Gasteiger partial charge in [-0.25, -0.2) is 0 Å². The number of ether oxygens (including phenoxy) is 1. The normalized spacial score (nSPS) is 40.8. The fraction of sp³-hybridized carbons (Fsp3) is 0.889. The summed E-state index contributed by atoms with van der Waals surface area (Å²) in [6.45, 7) is 0.904. The van der Waals surface area contributed by atoms with Gasteiger partial charge in [0, 0.05) is 0 Å². The minimum atomic E-state index is 0.624. The van der Waals surface area contributed by atoms with Crippen LogP contribution in [-0.4, -0.2) is 12.7 Å². The van der Waals surface area contributed by atoms with E-state index in [1.165, 1.54) is 32.1 Å². The summed E-state index contributed by atoms with van der Waals surface area (Å²) in [4.78, 5) is 0. The molecule has 1 radical (unpaired) electrons. The van der Waals surface area contributed by atoms with Crippen LogP contribution in [-0.2, 0) is 4.74 Å². The van der Waals surface area contributed by atoms with Gasteiger partial charge in [-0.1, -0.05) is 12.8 Å². The molecular weight excluding hydrogens is 124 g/mol. The van der Waals surface area contributed by atoms with Crippen molar-refractivity contribution in [3.05, 3.63) is 6.42 Å². The van der Waals surface area contributed by atoms with Crippen molar-refractivity contribution in [2.24, 2.45) is 5.92 Å². The van der Waals surface area contributed by atoms with Crippen LogP contribution >= 0.6 is 0 Å². The van der Waals surface area contributed by atoms with E-state index in [4.69, 9.17) is 4.74 Å². The Morgan fingerprint density at radius 1 is 1.20 bits per heavy atom. The van der Waals surface area contributed by atoms with Crippen molar-refractivity contribution >= 4 is 0 Å². The molecule has 2 unspecified atom stereocenters. The van der Waals surface area contributed by atoms with Crippen LogP contribution in [0.5, 0.6) is 0 Å². The highest BCUT2D eigenvalue weighted by atomic mass is 16.5. The first kappa shape index (κ1) is 6.66. The largest absolute Gasteiger partial charge is 0.378 e. The fourth-order valence-corrected chi connectivity index (χ4v) is 2.14. The molecule has 0 aromatic carbocycles. The van der Waals surface area contributed by atoms with E-state index in [-0.39, 0.29) is 0 Å². The van der Waals surface area contributed by atoms with E-state index in [2.05, 4.69) is 6.42 Å². The Kier molecular flexibility index (Phi) is 1.94. The highest BCUT2D eigenvalue weighted by molar-refractivity contribution is 4.85. The molecule has 2 atom stereocenters. The third kappa shape index (κ3) is 1.20. The van der Waals surface area contributed by atoms with Crippen LogP contribution in [0.15, 0.2) is 0 Å². The summed E-state index contributed by atoms with van der Waals surface area (Å²) in [6, 6.07) is 0. The van der Waals surface area contributed by atoms with Crippen molar-refractivity contribution in [1.82, 2.24) is 0 Å². The average Bonchev–Trinajstić information content (AvgIpc) is 2.05. The Hall–Kier alpha value is -0.0400. The molecule has 0 N–H and O–H groups in total. The maximum absolute atomic E-state index is 5.63. The third-order valence-electron chi connectivity index (χ3n) is 2.74. The molecule has 0 aromatic rings. The van der Waals surface area contributed by atoms with E-state index >= 15 is 0 Å². The molecule has 0 aromatic heterocycles. The van der Waals surface area contributed by atoms with Gasteiger partial charge in [0.15, 0.2) is 0 Å². The maximum Gasteiger partial charge on any atom is 0.0603 e. The Bertz CT molecular complexity index is 85.3. The lowest BCUT2D eigenvalue weighted by molar-refractivity contribution is -0.0252. The van der Waals surface area contributed by atoms with Crippen molar-refractivity contribution in [1.29, 1.82) is 0 Å². The number of rotatable bonds is 0. The van der Waals surface area contributed by atoms with Gasteiger partial charge in [0.2, 0.25) is 0 Å². The van der Waals surface area contributed by atoms with Gasteiger partial charge in [-0.05, 0) is 31.6 Å². The summed E-state index contributed by atoms with van der Waals surface area (Å²) in [5.74, 6) is 0.877. The molecule has 1 aliphatic carbocycles. The van der Waals surface area contributed by atoms with Crippen molar-refractivity contribution in [2.45, 2.75) is 38.2 Å². The molecule has 1 heteroatoms. The van der Waals surface area contributed by atoms with Crippen LogP contribution in [0.2, 0.25) is 0 Å². The standard InChI is InChI=1S/C9H15O/c1-2-6-9-8(4-1)5-3-7-10-9/h3,8-9H,1-2,4-7H2. The molecule has 0 bridgehead atoms. The molecule has 0 spiro atoms. The summed E-state index contributed by atoms with van der Waals surface area (Å²) >= 11 is 0. The van der Waals surface area contributed by atoms with Gasteiger partial charge in [-0.15, -0.1) is 0 Å². The third-order valence-corrected chi connectivity index (χ3v) is 2.74. The highest BCUT2D eigenvalue weighted by Crippen LogP contribution is 2.32. The predicted octanol–water partition coefficient (Wildman–Crippen LogP) is 2.17. The minimum absolute atomic E-state index is 0.624. The second kappa shape index (κ2) is 2.91. The summed E-state index contributed by atoms with van der Waals surface area (Å²) in [5, 5.41) is 0. The minimum Gasteiger partial charge on any atom is -0.378 e. The van der Waals surface area contributed by atoms with Gasteiger partial charge in [0.05, 0.1) is 12.7 Å². The van der Waals surface area contributed by atoms with E-state index < -0.39 is 0 Å². The number of fused-ring (bicyclic) bond motifs is 1. The Morgan fingerprint density at radius 3 is 3.00 bits per heavy atom. The van der Waals surface area contributed by atoms with Crippen molar-refractivity contribution in [2.75, 3.05) is 6.61 Å². The maximum atomic E-state index is 5.63. The predicted molar refractivity (Wildman–Crippen MR) is 40.6 cm³/mol. The van der Waals surface area contributed by atoms with E-state index in [0.29, 0.717) is 6.10 Å². The summed E-state index contributed by atoms with van der Waals surface area (Å²) in [6.07, 6.45) is 9.76. The summed E-state index contributed by atoms with van der Waals surface area (Å²) < 4.78 is 5.63. The van der Waals surface area contributed by atoms with Gasteiger partial charge in [0.1, 0.15) is 0 Å². The molecule has 0 amide bonds. The monoisotopic (exact) mass is 139 g/mol. The molecule has 57 valence electrons. The molecule has 10 heavy (non-hydrogen) atoms. The molecule has 1 aliphatic heterocycles. The first-order valence-corrected chi connectivity index (χ1v) is 4.40.